The van der Waals surface area contributed by atoms with E-state index in [1.165, 1.54) is 12.4 Å². The van der Waals surface area contributed by atoms with E-state index in [9.17, 15) is 9.59 Å². The predicted octanol–water partition coefficient (Wildman–Crippen LogP) is 1.79. The van der Waals surface area contributed by atoms with Crippen LogP contribution in [0.1, 0.15) is 26.7 Å². The smallest absolute Gasteiger partial charge is 0.405 e. The first-order valence-electron chi connectivity index (χ1n) is 7.79. The highest BCUT2D eigenvalue weighted by atomic mass is 35.5. The van der Waals surface area contributed by atoms with E-state index in [4.69, 9.17) is 21.4 Å². The maximum atomic E-state index is 12.5. The number of aromatic nitrogens is 2. The number of rotatable bonds is 5. The van der Waals surface area contributed by atoms with E-state index in [2.05, 4.69) is 15.3 Å². The quantitative estimate of drug-likeness (QED) is 0.833. The van der Waals surface area contributed by atoms with Crippen LogP contribution in [0, 0.1) is 5.92 Å². The first-order chi connectivity index (χ1) is 11.4. The Morgan fingerprint density at radius 3 is 2.42 bits per heavy atom. The van der Waals surface area contributed by atoms with Gasteiger partial charge in [0.1, 0.15) is 12.1 Å². The molecular weight excluding hydrogens is 336 g/mol. The maximum Gasteiger partial charge on any atom is 0.405 e. The minimum atomic E-state index is -1.19. The van der Waals surface area contributed by atoms with E-state index in [0.29, 0.717) is 31.0 Å². The summed E-state index contributed by atoms with van der Waals surface area (Å²) in [7, 11) is 0. The molecule has 2 N–H and O–H groups in total. The van der Waals surface area contributed by atoms with Crippen molar-refractivity contribution in [3.8, 4) is 6.01 Å². The SMILES string of the molecule is CC(C)[C@H](NC(=O)O)C(=O)N1CCC(Oc2ncc(Cl)cn2)CC1. The van der Waals surface area contributed by atoms with Gasteiger partial charge in [-0.25, -0.2) is 14.8 Å². The molecule has 0 radical (unpaired) electrons. The summed E-state index contributed by atoms with van der Waals surface area (Å²) in [6.07, 6.45) is 2.92. The first kappa shape index (κ1) is 18.3. The molecule has 1 aromatic rings. The molecule has 2 amide bonds. The van der Waals surface area contributed by atoms with Crippen molar-refractivity contribution in [3.05, 3.63) is 17.4 Å². The van der Waals surface area contributed by atoms with Crippen LogP contribution in [0.5, 0.6) is 6.01 Å². The Balaban J connectivity index is 1.87. The minimum absolute atomic E-state index is 0.0832. The highest BCUT2D eigenvalue weighted by Crippen LogP contribution is 2.18. The third kappa shape index (κ3) is 4.95. The van der Waals surface area contributed by atoms with Gasteiger partial charge in [0.2, 0.25) is 5.91 Å². The fourth-order valence-electron chi connectivity index (χ4n) is 2.55. The average Bonchev–Trinajstić information content (AvgIpc) is 2.54. The Labute approximate surface area is 145 Å². The van der Waals surface area contributed by atoms with Crippen molar-refractivity contribution >= 4 is 23.6 Å². The van der Waals surface area contributed by atoms with Gasteiger partial charge in [-0.1, -0.05) is 25.4 Å². The van der Waals surface area contributed by atoms with Crippen LogP contribution < -0.4 is 10.1 Å². The molecule has 132 valence electrons. The van der Waals surface area contributed by atoms with Crippen LogP contribution in [-0.4, -0.2) is 57.2 Å². The van der Waals surface area contributed by atoms with E-state index >= 15 is 0 Å². The number of carboxylic acid groups (broad SMARTS) is 1. The number of nitrogens with zero attached hydrogens (tertiary/aromatic N) is 3. The second-order valence-corrected chi connectivity index (χ2v) is 6.43. The molecule has 1 aliphatic heterocycles. The number of nitrogens with one attached hydrogen (secondary N) is 1. The van der Waals surface area contributed by atoms with Crippen LogP contribution in [0.4, 0.5) is 4.79 Å². The van der Waals surface area contributed by atoms with Crippen molar-refractivity contribution < 1.29 is 19.4 Å². The molecule has 2 heterocycles. The maximum absolute atomic E-state index is 12.5. The summed E-state index contributed by atoms with van der Waals surface area (Å²) in [5, 5.41) is 11.6. The summed E-state index contributed by atoms with van der Waals surface area (Å²) in [5.74, 6) is -0.321. The number of carbonyl (C=O) groups is 2. The molecule has 0 saturated carbocycles. The second-order valence-electron chi connectivity index (χ2n) is 6.00. The fraction of sp³-hybridized carbons (Fsp3) is 0.600. The minimum Gasteiger partial charge on any atom is -0.465 e. The largest absolute Gasteiger partial charge is 0.465 e. The van der Waals surface area contributed by atoms with Crippen molar-refractivity contribution in [3.63, 3.8) is 0 Å². The Hall–Kier alpha value is -2.09. The Morgan fingerprint density at radius 2 is 1.92 bits per heavy atom. The number of amides is 2. The summed E-state index contributed by atoms with van der Waals surface area (Å²) in [6.45, 7) is 4.63. The molecule has 9 heteroatoms. The van der Waals surface area contributed by atoms with Crippen LogP contribution in [-0.2, 0) is 4.79 Å². The van der Waals surface area contributed by atoms with Gasteiger partial charge in [0, 0.05) is 25.9 Å². The lowest BCUT2D eigenvalue weighted by molar-refractivity contribution is -0.136. The Bertz CT molecular complexity index is 573. The van der Waals surface area contributed by atoms with Crippen molar-refractivity contribution in [2.24, 2.45) is 5.92 Å². The molecule has 2 rings (SSSR count). The van der Waals surface area contributed by atoms with Crippen molar-refractivity contribution in [2.45, 2.75) is 38.8 Å². The van der Waals surface area contributed by atoms with Crippen LogP contribution in [0.2, 0.25) is 5.02 Å². The van der Waals surface area contributed by atoms with Crippen molar-refractivity contribution in [1.82, 2.24) is 20.2 Å². The molecule has 0 aliphatic carbocycles. The lowest BCUT2D eigenvalue weighted by atomic mass is 10.0. The number of ether oxygens (including phenoxy) is 1. The van der Waals surface area contributed by atoms with Crippen LogP contribution in [0.15, 0.2) is 12.4 Å². The monoisotopic (exact) mass is 356 g/mol. The summed E-state index contributed by atoms with van der Waals surface area (Å²) in [6, 6.07) is -0.476. The zero-order chi connectivity index (χ0) is 17.7. The van der Waals surface area contributed by atoms with Gasteiger partial charge >= 0.3 is 12.1 Å². The van der Waals surface area contributed by atoms with Gasteiger partial charge in [0.05, 0.1) is 17.4 Å². The van der Waals surface area contributed by atoms with Crippen molar-refractivity contribution in [1.29, 1.82) is 0 Å². The second kappa shape index (κ2) is 8.14. The van der Waals surface area contributed by atoms with Gasteiger partial charge in [0.25, 0.3) is 0 Å². The van der Waals surface area contributed by atoms with Gasteiger partial charge in [-0.2, -0.15) is 0 Å². The van der Waals surface area contributed by atoms with E-state index in [1.807, 2.05) is 13.8 Å². The lowest BCUT2D eigenvalue weighted by Crippen LogP contribution is -2.53. The van der Waals surface area contributed by atoms with E-state index in [-0.39, 0.29) is 23.9 Å². The highest BCUT2D eigenvalue weighted by molar-refractivity contribution is 6.30. The Kier molecular flexibility index (Phi) is 6.19. The fourth-order valence-corrected chi connectivity index (χ4v) is 2.65. The van der Waals surface area contributed by atoms with Gasteiger partial charge in [-0.05, 0) is 5.92 Å². The molecule has 0 bridgehead atoms. The molecular formula is C15H21ClN4O4. The third-order valence-electron chi connectivity index (χ3n) is 3.83. The van der Waals surface area contributed by atoms with Gasteiger partial charge in [0.15, 0.2) is 0 Å². The number of halogens is 1. The van der Waals surface area contributed by atoms with Crippen LogP contribution in [0.3, 0.4) is 0 Å². The number of hydrogen-bond donors (Lipinski definition) is 2. The molecule has 1 aliphatic rings. The van der Waals surface area contributed by atoms with Gasteiger partial charge in [-0.3, -0.25) is 4.79 Å². The molecule has 8 nitrogen and oxygen atoms in total. The molecule has 0 aromatic carbocycles. The summed E-state index contributed by atoms with van der Waals surface area (Å²) >= 11 is 5.73. The topological polar surface area (TPSA) is 105 Å². The van der Waals surface area contributed by atoms with Crippen LogP contribution >= 0.6 is 11.6 Å². The molecule has 0 unspecified atom stereocenters. The lowest BCUT2D eigenvalue weighted by Gasteiger charge is -2.34. The van der Waals surface area contributed by atoms with E-state index in [1.54, 1.807) is 4.90 Å². The predicted molar refractivity (Wildman–Crippen MR) is 87.1 cm³/mol. The zero-order valence-corrected chi connectivity index (χ0v) is 14.4. The molecule has 1 aromatic heterocycles. The van der Waals surface area contributed by atoms with Crippen molar-refractivity contribution in [2.75, 3.05) is 13.1 Å². The van der Waals surface area contributed by atoms with Gasteiger partial charge < -0.3 is 20.1 Å². The number of likely N-dealkylation sites (tertiary alicyclic amines) is 1. The number of piperidine rings is 1. The zero-order valence-electron chi connectivity index (χ0n) is 13.6. The van der Waals surface area contributed by atoms with E-state index < -0.39 is 12.1 Å². The average molecular weight is 357 g/mol. The molecule has 1 atom stereocenters. The molecule has 0 spiro atoms. The standard InChI is InChI=1S/C15H21ClN4O4/c1-9(2)12(19-15(22)23)13(21)20-5-3-11(4-6-20)24-14-17-7-10(16)8-18-14/h7-9,11-12,19H,3-6H2,1-2H3,(H,22,23)/t12-/m0/s1. The summed E-state index contributed by atoms with van der Waals surface area (Å²) < 4.78 is 5.68. The highest BCUT2D eigenvalue weighted by Gasteiger charge is 2.31. The first-order valence-corrected chi connectivity index (χ1v) is 8.17. The third-order valence-corrected chi connectivity index (χ3v) is 4.03. The summed E-state index contributed by atoms with van der Waals surface area (Å²) in [5.41, 5.74) is 0. The number of hydrogen-bond acceptors (Lipinski definition) is 5. The molecule has 24 heavy (non-hydrogen) atoms. The Morgan fingerprint density at radius 1 is 1.33 bits per heavy atom. The summed E-state index contributed by atoms with van der Waals surface area (Å²) in [4.78, 5) is 33.0. The normalized spacial score (nSPS) is 16.8. The van der Waals surface area contributed by atoms with Gasteiger partial charge in [-0.15, -0.1) is 0 Å². The molecule has 1 fully saturated rings. The van der Waals surface area contributed by atoms with Crippen LogP contribution in [0.25, 0.3) is 0 Å². The van der Waals surface area contributed by atoms with E-state index in [0.717, 1.165) is 0 Å². The molecule has 1 saturated heterocycles. The number of carbonyl (C=O) groups excluding carboxylic acids is 1.